The molecular formula is C26H33N5O4. The van der Waals surface area contributed by atoms with Gasteiger partial charge in [-0.15, -0.1) is 0 Å². The summed E-state index contributed by atoms with van der Waals surface area (Å²) in [6.07, 6.45) is 1.25. The van der Waals surface area contributed by atoms with E-state index in [0.29, 0.717) is 13.0 Å². The molecule has 2 saturated heterocycles. The minimum atomic E-state index is -0.749. The van der Waals surface area contributed by atoms with Gasteiger partial charge in [0.15, 0.2) is 0 Å². The number of fused-ring (bicyclic) bond motifs is 1. The second-order valence-corrected chi connectivity index (χ2v) is 9.03. The van der Waals surface area contributed by atoms with Gasteiger partial charge in [-0.3, -0.25) is 9.69 Å². The summed E-state index contributed by atoms with van der Waals surface area (Å²) in [7, 11) is 1.56. The van der Waals surface area contributed by atoms with Gasteiger partial charge in [0, 0.05) is 26.1 Å². The number of hydrogen-bond donors (Lipinski definition) is 2. The lowest BCUT2D eigenvalue weighted by Crippen LogP contribution is -2.66. The molecule has 1 unspecified atom stereocenters. The van der Waals surface area contributed by atoms with Gasteiger partial charge >= 0.3 is 12.1 Å². The number of nitrogens with one attached hydrogen (secondary N) is 1. The highest BCUT2D eigenvalue weighted by atomic mass is 16.3. The summed E-state index contributed by atoms with van der Waals surface area (Å²) in [5, 5.41) is 15.3. The van der Waals surface area contributed by atoms with Crippen molar-refractivity contribution < 1.29 is 19.5 Å². The zero-order chi connectivity index (χ0) is 25.1. The molecule has 9 nitrogen and oxygen atoms in total. The summed E-state index contributed by atoms with van der Waals surface area (Å²) < 4.78 is 0. The number of urea groups is 2. The minimum Gasteiger partial charge on any atom is -0.508 e. The first kappa shape index (κ1) is 24.4. The van der Waals surface area contributed by atoms with Gasteiger partial charge in [0.05, 0.1) is 6.54 Å². The maximum absolute atomic E-state index is 13.7. The van der Waals surface area contributed by atoms with Gasteiger partial charge in [-0.1, -0.05) is 56.3 Å². The molecule has 2 aromatic carbocycles. The van der Waals surface area contributed by atoms with E-state index in [4.69, 9.17) is 0 Å². The molecule has 5 amide bonds. The van der Waals surface area contributed by atoms with Crippen molar-refractivity contribution >= 4 is 18.0 Å². The Kier molecular flexibility index (Phi) is 7.14. The lowest BCUT2D eigenvalue weighted by Gasteiger charge is -2.45. The topological polar surface area (TPSA) is 96.4 Å². The van der Waals surface area contributed by atoms with Gasteiger partial charge < -0.3 is 15.3 Å². The fourth-order valence-electron chi connectivity index (χ4n) is 5.01. The monoisotopic (exact) mass is 479 g/mol. The molecule has 0 bridgehead atoms. The molecule has 0 saturated carbocycles. The van der Waals surface area contributed by atoms with Crippen LogP contribution in [0.3, 0.4) is 0 Å². The normalized spacial score (nSPS) is 20.0. The van der Waals surface area contributed by atoms with Crippen LogP contribution in [0.2, 0.25) is 0 Å². The third-order valence-electron chi connectivity index (χ3n) is 6.93. The molecule has 186 valence electrons. The van der Waals surface area contributed by atoms with Crippen LogP contribution >= 0.6 is 0 Å². The molecule has 35 heavy (non-hydrogen) atoms. The fraction of sp³-hybridized carbons (Fsp3) is 0.423. The number of piperazine rings is 1. The molecule has 2 N–H and O–H groups in total. The Balaban J connectivity index is 1.63. The summed E-state index contributed by atoms with van der Waals surface area (Å²) in [5.74, 6) is 0.0230. The lowest BCUT2D eigenvalue weighted by molar-refractivity contribution is -0.148. The number of amides is 5. The Hall–Kier alpha value is -3.75. The minimum absolute atomic E-state index is 0.0159. The van der Waals surface area contributed by atoms with Crippen molar-refractivity contribution in [3.8, 4) is 5.75 Å². The van der Waals surface area contributed by atoms with Crippen LogP contribution in [-0.2, 0) is 17.8 Å². The molecule has 2 aromatic rings. The molecule has 9 heteroatoms. The number of carbonyl (C=O) groups excluding carboxylic acids is 3. The quantitative estimate of drug-likeness (QED) is 0.638. The largest absolute Gasteiger partial charge is 0.508 e. The molecule has 2 fully saturated rings. The van der Waals surface area contributed by atoms with Crippen molar-refractivity contribution in [2.45, 2.75) is 57.9 Å². The maximum Gasteiger partial charge on any atom is 0.341 e. The third-order valence-corrected chi connectivity index (χ3v) is 6.93. The smallest absolute Gasteiger partial charge is 0.341 e. The second kappa shape index (κ2) is 10.2. The van der Waals surface area contributed by atoms with Crippen LogP contribution in [0.5, 0.6) is 5.75 Å². The van der Waals surface area contributed by atoms with Crippen LogP contribution in [0.1, 0.15) is 37.8 Å². The predicted octanol–water partition coefficient (Wildman–Crippen LogP) is 3.15. The Labute approximate surface area is 205 Å². The molecule has 0 aromatic heterocycles. The van der Waals surface area contributed by atoms with E-state index in [1.165, 1.54) is 14.9 Å². The number of phenolic OH excluding ortho intramolecular Hbond substituents is 1. The van der Waals surface area contributed by atoms with Gasteiger partial charge in [-0.25, -0.2) is 19.6 Å². The van der Waals surface area contributed by atoms with Crippen LogP contribution in [0.4, 0.5) is 9.59 Å². The highest BCUT2D eigenvalue weighted by molar-refractivity contribution is 5.92. The zero-order valence-corrected chi connectivity index (χ0v) is 20.4. The summed E-state index contributed by atoms with van der Waals surface area (Å²) >= 11 is 0. The molecule has 0 radical (unpaired) electrons. The first-order valence-corrected chi connectivity index (χ1v) is 12.1. The number of nitrogens with zero attached hydrogens (tertiary/aromatic N) is 4. The van der Waals surface area contributed by atoms with E-state index in [9.17, 15) is 19.5 Å². The van der Waals surface area contributed by atoms with Crippen molar-refractivity contribution in [2.75, 3.05) is 13.6 Å². The van der Waals surface area contributed by atoms with Gasteiger partial charge in [0.1, 0.15) is 18.0 Å². The molecule has 0 aliphatic carbocycles. The lowest BCUT2D eigenvalue weighted by atomic mass is 9.98. The highest BCUT2D eigenvalue weighted by Gasteiger charge is 2.54. The van der Waals surface area contributed by atoms with Crippen molar-refractivity contribution in [2.24, 2.45) is 0 Å². The molecule has 4 rings (SSSR count). The number of hydrazine groups is 1. The summed E-state index contributed by atoms with van der Waals surface area (Å²) in [6, 6.07) is 14.7. The Morgan fingerprint density at radius 1 is 1.03 bits per heavy atom. The van der Waals surface area contributed by atoms with E-state index in [1.54, 1.807) is 31.3 Å². The number of aromatic hydroxyl groups is 1. The highest BCUT2D eigenvalue weighted by Crippen LogP contribution is 2.32. The van der Waals surface area contributed by atoms with E-state index in [-0.39, 0.29) is 36.3 Å². The Morgan fingerprint density at radius 3 is 2.31 bits per heavy atom. The van der Waals surface area contributed by atoms with Crippen LogP contribution < -0.4 is 5.32 Å². The summed E-state index contributed by atoms with van der Waals surface area (Å²) in [5.41, 5.74) is 1.78. The molecule has 2 atom stereocenters. The van der Waals surface area contributed by atoms with Gasteiger partial charge in [-0.05, 0) is 36.1 Å². The number of rotatable bonds is 7. The van der Waals surface area contributed by atoms with Gasteiger partial charge in [-0.2, -0.15) is 0 Å². The number of phenols is 1. The van der Waals surface area contributed by atoms with Crippen LogP contribution in [0.15, 0.2) is 54.6 Å². The average molecular weight is 480 g/mol. The van der Waals surface area contributed by atoms with E-state index in [1.807, 2.05) is 49.1 Å². The molecule has 2 heterocycles. The molecule has 2 aliphatic heterocycles. The molecular weight excluding hydrogens is 446 g/mol. The number of hydrogen-bond acceptors (Lipinski definition) is 4. The maximum atomic E-state index is 13.7. The standard InChI is InChI=1S/C26H33N5O4/c1-4-20(5-2)29-17-23-30(22(24(29)33)15-18-11-13-21(32)14-12-18)26(35)28(3)31(23)25(34)27-16-19-9-7-6-8-10-19/h6-14,20,22-23,32H,4-5,15-17H2,1-3H3,(H,27,34)/t22-,23?/m0/s1. The fourth-order valence-corrected chi connectivity index (χ4v) is 5.01. The Morgan fingerprint density at radius 2 is 1.69 bits per heavy atom. The van der Waals surface area contributed by atoms with E-state index >= 15 is 0 Å². The molecule has 0 spiro atoms. The number of carbonyl (C=O) groups is 3. The average Bonchev–Trinajstić information content (AvgIpc) is 3.12. The third kappa shape index (κ3) is 4.76. The molecule has 2 aliphatic rings. The van der Waals surface area contributed by atoms with Crippen LogP contribution in [0, 0.1) is 0 Å². The predicted molar refractivity (Wildman–Crippen MR) is 131 cm³/mol. The van der Waals surface area contributed by atoms with E-state index in [0.717, 1.165) is 24.0 Å². The number of benzene rings is 2. The summed E-state index contributed by atoms with van der Waals surface area (Å²) in [6.45, 7) is 4.67. The van der Waals surface area contributed by atoms with E-state index < -0.39 is 12.2 Å². The zero-order valence-electron chi connectivity index (χ0n) is 20.4. The van der Waals surface area contributed by atoms with Gasteiger partial charge in [0.2, 0.25) is 5.91 Å². The van der Waals surface area contributed by atoms with Crippen LogP contribution in [0.25, 0.3) is 0 Å². The van der Waals surface area contributed by atoms with Crippen LogP contribution in [-0.4, -0.2) is 74.7 Å². The Bertz CT molecular complexity index is 1060. The first-order valence-electron chi connectivity index (χ1n) is 12.1. The van der Waals surface area contributed by atoms with Crippen molar-refractivity contribution in [1.29, 1.82) is 0 Å². The van der Waals surface area contributed by atoms with Crippen molar-refractivity contribution in [1.82, 2.24) is 25.1 Å². The summed E-state index contributed by atoms with van der Waals surface area (Å²) in [4.78, 5) is 43.7. The van der Waals surface area contributed by atoms with Crippen molar-refractivity contribution in [3.05, 3.63) is 65.7 Å². The van der Waals surface area contributed by atoms with Crippen molar-refractivity contribution in [3.63, 3.8) is 0 Å². The second-order valence-electron chi connectivity index (χ2n) is 9.03. The van der Waals surface area contributed by atoms with E-state index in [2.05, 4.69) is 5.32 Å². The first-order chi connectivity index (χ1) is 16.8. The van der Waals surface area contributed by atoms with Gasteiger partial charge in [0.25, 0.3) is 0 Å². The SMILES string of the molecule is CCC(CC)N1CC2N(C(=O)N(C)N2C(=O)NCc2ccccc2)[C@@H](Cc2ccc(O)cc2)C1=O.